The fraction of sp³-hybridized carbons (Fsp3) is 1.00. The van der Waals surface area contributed by atoms with Crippen LogP contribution in [0.2, 0.25) is 0 Å². The molecule has 0 saturated heterocycles. The van der Waals surface area contributed by atoms with E-state index in [-0.39, 0.29) is 0 Å². The van der Waals surface area contributed by atoms with Gasteiger partial charge in [-0.15, -0.1) is 0 Å². The fourth-order valence-electron chi connectivity index (χ4n) is 1.20. The highest BCUT2D eigenvalue weighted by atomic mass is 32.2. The second kappa shape index (κ2) is 5.01. The second-order valence-electron chi connectivity index (χ2n) is 3.20. The molecule has 0 heterocycles. The molecule has 1 aliphatic rings. The summed E-state index contributed by atoms with van der Waals surface area (Å²) < 4.78 is 0. The first-order valence-electron chi connectivity index (χ1n) is 4.40. The molecule has 0 bridgehead atoms. The van der Waals surface area contributed by atoms with Crippen molar-refractivity contribution in [1.82, 2.24) is 5.43 Å². The van der Waals surface area contributed by atoms with Gasteiger partial charge in [0.1, 0.15) is 0 Å². The lowest BCUT2D eigenvalue weighted by molar-refractivity contribution is 0.508. The number of nitrogens with one attached hydrogen (secondary N) is 1. The van der Waals surface area contributed by atoms with Gasteiger partial charge in [-0.25, -0.2) is 0 Å². The van der Waals surface area contributed by atoms with Crippen molar-refractivity contribution >= 4 is 11.8 Å². The van der Waals surface area contributed by atoms with E-state index >= 15 is 0 Å². The monoisotopic (exact) mass is 174 g/mol. The predicted molar refractivity (Wildman–Crippen MR) is 51.5 cm³/mol. The lowest BCUT2D eigenvalue weighted by Gasteiger charge is -2.13. The molecule has 2 nitrogen and oxygen atoms in total. The van der Waals surface area contributed by atoms with Gasteiger partial charge in [0, 0.05) is 11.8 Å². The molecule has 1 atom stereocenters. The van der Waals surface area contributed by atoms with Crippen molar-refractivity contribution in [3.05, 3.63) is 0 Å². The Balaban J connectivity index is 2.02. The summed E-state index contributed by atoms with van der Waals surface area (Å²) in [6, 6.07) is 0.549. The highest BCUT2D eigenvalue weighted by Crippen LogP contribution is 2.33. The van der Waals surface area contributed by atoms with E-state index in [1.54, 1.807) is 0 Å². The van der Waals surface area contributed by atoms with Crippen molar-refractivity contribution in [2.45, 2.75) is 32.2 Å². The van der Waals surface area contributed by atoms with Crippen molar-refractivity contribution in [1.29, 1.82) is 0 Å². The Morgan fingerprint density at radius 3 is 2.82 bits per heavy atom. The highest BCUT2D eigenvalue weighted by molar-refractivity contribution is 7.99. The first kappa shape index (κ1) is 9.36. The molecule has 1 unspecified atom stereocenters. The Morgan fingerprint density at radius 2 is 2.36 bits per heavy atom. The van der Waals surface area contributed by atoms with Crippen molar-refractivity contribution in [3.63, 3.8) is 0 Å². The summed E-state index contributed by atoms with van der Waals surface area (Å²) in [7, 11) is 0. The van der Waals surface area contributed by atoms with Crippen LogP contribution in [0.4, 0.5) is 0 Å². The van der Waals surface area contributed by atoms with Gasteiger partial charge in [-0.2, -0.15) is 11.8 Å². The normalized spacial score (nSPS) is 20.2. The zero-order chi connectivity index (χ0) is 8.10. The molecule has 0 aromatic heterocycles. The molecule has 0 spiro atoms. The van der Waals surface area contributed by atoms with Crippen LogP contribution in [0.25, 0.3) is 0 Å². The van der Waals surface area contributed by atoms with Gasteiger partial charge in [0.25, 0.3) is 0 Å². The Labute approximate surface area is 73.3 Å². The van der Waals surface area contributed by atoms with Gasteiger partial charge in [0.15, 0.2) is 0 Å². The summed E-state index contributed by atoms with van der Waals surface area (Å²) in [5.74, 6) is 8.77. The standard InChI is InChI=1S/C8H18N2S/c1-2-11-6-8(10-9)5-7-3-4-7/h7-8,10H,2-6,9H2,1H3. The first-order valence-corrected chi connectivity index (χ1v) is 5.56. The van der Waals surface area contributed by atoms with Crippen LogP contribution in [-0.4, -0.2) is 17.5 Å². The highest BCUT2D eigenvalue weighted by Gasteiger charge is 2.24. The van der Waals surface area contributed by atoms with E-state index < -0.39 is 0 Å². The maximum Gasteiger partial charge on any atom is 0.0303 e. The van der Waals surface area contributed by atoms with Crippen LogP contribution < -0.4 is 11.3 Å². The zero-order valence-electron chi connectivity index (χ0n) is 7.18. The van der Waals surface area contributed by atoms with Crippen molar-refractivity contribution < 1.29 is 0 Å². The number of rotatable bonds is 6. The van der Waals surface area contributed by atoms with Crippen LogP contribution in [0.3, 0.4) is 0 Å². The molecule has 0 radical (unpaired) electrons. The molecule has 1 fully saturated rings. The van der Waals surface area contributed by atoms with Crippen molar-refractivity contribution in [3.8, 4) is 0 Å². The van der Waals surface area contributed by atoms with Gasteiger partial charge in [-0.3, -0.25) is 11.3 Å². The van der Waals surface area contributed by atoms with Gasteiger partial charge in [0.2, 0.25) is 0 Å². The topological polar surface area (TPSA) is 38.0 Å². The number of thioether (sulfide) groups is 1. The van der Waals surface area contributed by atoms with Crippen LogP contribution in [0, 0.1) is 5.92 Å². The molecule has 1 saturated carbocycles. The van der Waals surface area contributed by atoms with E-state index in [0.717, 1.165) is 5.92 Å². The van der Waals surface area contributed by atoms with Crippen molar-refractivity contribution in [2.24, 2.45) is 11.8 Å². The molecular weight excluding hydrogens is 156 g/mol. The van der Waals surface area contributed by atoms with E-state index in [0.29, 0.717) is 6.04 Å². The summed E-state index contributed by atoms with van der Waals surface area (Å²) in [5, 5.41) is 0. The molecule has 0 amide bonds. The van der Waals surface area contributed by atoms with Crippen LogP contribution >= 0.6 is 11.8 Å². The fourth-order valence-corrected chi connectivity index (χ4v) is 1.95. The number of hydrogen-bond donors (Lipinski definition) is 2. The van der Waals surface area contributed by atoms with E-state index in [2.05, 4.69) is 12.3 Å². The molecule has 0 aromatic rings. The van der Waals surface area contributed by atoms with Crippen LogP contribution in [0.15, 0.2) is 0 Å². The van der Waals surface area contributed by atoms with Gasteiger partial charge < -0.3 is 0 Å². The summed E-state index contributed by atoms with van der Waals surface area (Å²) >= 11 is 1.97. The molecule has 3 N–H and O–H groups in total. The Bertz CT molecular complexity index is 104. The smallest absolute Gasteiger partial charge is 0.0303 e. The van der Waals surface area contributed by atoms with E-state index in [9.17, 15) is 0 Å². The minimum absolute atomic E-state index is 0.549. The molecule has 1 aliphatic carbocycles. The Hall–Kier alpha value is 0.270. The minimum Gasteiger partial charge on any atom is -0.271 e. The Kier molecular flexibility index (Phi) is 4.26. The lowest BCUT2D eigenvalue weighted by Crippen LogP contribution is -2.37. The molecule has 0 aliphatic heterocycles. The van der Waals surface area contributed by atoms with Crippen LogP contribution in [-0.2, 0) is 0 Å². The van der Waals surface area contributed by atoms with Gasteiger partial charge in [-0.1, -0.05) is 19.8 Å². The maximum atomic E-state index is 5.43. The molecule has 3 heteroatoms. The van der Waals surface area contributed by atoms with Crippen LogP contribution in [0.5, 0.6) is 0 Å². The quantitative estimate of drug-likeness (QED) is 0.472. The third kappa shape index (κ3) is 3.99. The SMILES string of the molecule is CCSCC(CC1CC1)NN. The molecule has 66 valence electrons. The average molecular weight is 174 g/mol. The molecule has 11 heavy (non-hydrogen) atoms. The number of nitrogens with two attached hydrogens (primary N) is 1. The molecule has 0 aromatic carbocycles. The van der Waals surface area contributed by atoms with Crippen molar-refractivity contribution in [2.75, 3.05) is 11.5 Å². The average Bonchev–Trinajstić information content (AvgIpc) is 2.81. The van der Waals surface area contributed by atoms with E-state index in [1.165, 1.54) is 30.8 Å². The summed E-state index contributed by atoms with van der Waals surface area (Å²) in [4.78, 5) is 0. The first-order chi connectivity index (χ1) is 5.36. The third-order valence-electron chi connectivity index (χ3n) is 2.07. The largest absolute Gasteiger partial charge is 0.271 e. The Morgan fingerprint density at radius 1 is 1.64 bits per heavy atom. The minimum atomic E-state index is 0.549. The summed E-state index contributed by atoms with van der Waals surface area (Å²) in [6.07, 6.45) is 4.13. The van der Waals surface area contributed by atoms with Crippen LogP contribution in [0.1, 0.15) is 26.2 Å². The lowest BCUT2D eigenvalue weighted by atomic mass is 10.2. The third-order valence-corrected chi connectivity index (χ3v) is 3.12. The second-order valence-corrected chi connectivity index (χ2v) is 4.52. The maximum absolute atomic E-state index is 5.43. The summed E-state index contributed by atoms with van der Waals surface area (Å²) in [5.41, 5.74) is 2.89. The summed E-state index contributed by atoms with van der Waals surface area (Å²) in [6.45, 7) is 2.19. The van der Waals surface area contributed by atoms with Gasteiger partial charge in [-0.05, 0) is 18.1 Å². The van der Waals surface area contributed by atoms with Gasteiger partial charge >= 0.3 is 0 Å². The van der Waals surface area contributed by atoms with Gasteiger partial charge in [0.05, 0.1) is 0 Å². The van der Waals surface area contributed by atoms with E-state index in [1.807, 2.05) is 11.8 Å². The van der Waals surface area contributed by atoms with E-state index in [4.69, 9.17) is 5.84 Å². The molecular formula is C8H18N2S. The zero-order valence-corrected chi connectivity index (χ0v) is 7.99. The molecule has 1 rings (SSSR count). The number of hydrogen-bond acceptors (Lipinski definition) is 3. The predicted octanol–water partition coefficient (Wildman–Crippen LogP) is 1.37. The number of hydrazine groups is 1.